The van der Waals surface area contributed by atoms with Crippen molar-refractivity contribution in [3.63, 3.8) is 0 Å². The first-order valence-electron chi connectivity index (χ1n) is 8.12. The van der Waals surface area contributed by atoms with Crippen LogP contribution in [0.25, 0.3) is 5.52 Å². The summed E-state index contributed by atoms with van der Waals surface area (Å²) < 4.78 is 66.4. The molecule has 0 radical (unpaired) electrons. The molecule has 0 aliphatic rings. The average Bonchev–Trinajstić information content (AvgIpc) is 3.07. The first-order chi connectivity index (χ1) is 13.5. The number of halogens is 3. The van der Waals surface area contributed by atoms with Gasteiger partial charge in [-0.05, 0) is 36.8 Å². The number of hydrazone groups is 1. The number of rotatable bonds is 4. The molecule has 3 aromatic rings. The number of fused-ring (bicyclic) bond motifs is 1. The Bertz CT molecular complexity index is 1260. The van der Waals surface area contributed by atoms with Crippen LogP contribution in [0.1, 0.15) is 22.3 Å². The number of sulfonamides is 1. The summed E-state index contributed by atoms with van der Waals surface area (Å²) in [7, 11) is -3.19. The van der Waals surface area contributed by atoms with E-state index < -0.39 is 26.7 Å². The lowest BCUT2D eigenvalue weighted by molar-refractivity contribution is -0.137. The van der Waals surface area contributed by atoms with Crippen LogP contribution in [0.4, 0.5) is 13.2 Å². The molecular formula is C18H14F3N5O2S. The molecular weight excluding hydrogens is 407 g/mol. The summed E-state index contributed by atoms with van der Waals surface area (Å²) in [6.07, 6.45) is -0.465. The highest BCUT2D eigenvalue weighted by Gasteiger charge is 2.33. The van der Waals surface area contributed by atoms with Crippen LogP contribution >= 0.6 is 0 Å². The number of nitriles is 1. The van der Waals surface area contributed by atoms with Gasteiger partial charge < -0.3 is 0 Å². The van der Waals surface area contributed by atoms with Crippen LogP contribution < -0.4 is 0 Å². The SMILES string of the molecule is Cc1ccc(C(F)(F)F)cc1S(=O)(=O)N(C)/N=C\c1cnn2ccc(C#N)cc12. The van der Waals surface area contributed by atoms with Crippen LogP contribution in [0.3, 0.4) is 0 Å². The Kier molecular flexibility index (Phi) is 5.06. The monoisotopic (exact) mass is 421 g/mol. The van der Waals surface area contributed by atoms with Gasteiger partial charge in [0.1, 0.15) is 0 Å². The third-order valence-corrected chi connectivity index (χ3v) is 5.97. The molecule has 11 heteroatoms. The zero-order valence-electron chi connectivity index (χ0n) is 15.2. The summed E-state index contributed by atoms with van der Waals surface area (Å²) in [6.45, 7) is 1.40. The Morgan fingerprint density at radius 3 is 2.66 bits per heavy atom. The maximum atomic E-state index is 13.0. The van der Waals surface area contributed by atoms with Gasteiger partial charge in [-0.3, -0.25) is 0 Å². The Labute approximate surface area is 164 Å². The van der Waals surface area contributed by atoms with Crippen LogP contribution in [0, 0.1) is 18.3 Å². The molecule has 0 atom stereocenters. The topological polar surface area (TPSA) is 90.8 Å². The largest absolute Gasteiger partial charge is 0.416 e. The zero-order valence-corrected chi connectivity index (χ0v) is 16.0. The quantitative estimate of drug-likeness (QED) is 0.478. The Morgan fingerprint density at radius 2 is 2.00 bits per heavy atom. The minimum absolute atomic E-state index is 0.162. The van der Waals surface area contributed by atoms with E-state index in [1.807, 2.05) is 6.07 Å². The summed E-state index contributed by atoms with van der Waals surface area (Å²) in [5, 5.41) is 16.9. The van der Waals surface area contributed by atoms with Crippen molar-refractivity contribution in [2.45, 2.75) is 18.0 Å². The van der Waals surface area contributed by atoms with E-state index in [0.29, 0.717) is 27.1 Å². The number of aromatic nitrogens is 2. The predicted octanol–water partition coefficient (Wildman–Crippen LogP) is 3.19. The maximum Gasteiger partial charge on any atom is 0.416 e. The van der Waals surface area contributed by atoms with E-state index in [9.17, 15) is 21.6 Å². The molecule has 7 nitrogen and oxygen atoms in total. The highest BCUT2D eigenvalue weighted by molar-refractivity contribution is 7.89. The molecule has 0 spiro atoms. The smallest absolute Gasteiger partial charge is 0.240 e. The summed E-state index contributed by atoms with van der Waals surface area (Å²) in [5.41, 5.74) is 0.437. The molecule has 2 aromatic heterocycles. The van der Waals surface area contributed by atoms with Gasteiger partial charge in [-0.25, -0.2) is 4.52 Å². The number of pyridine rings is 1. The molecule has 0 saturated carbocycles. The minimum Gasteiger partial charge on any atom is -0.240 e. The molecule has 0 N–H and O–H groups in total. The standard InChI is InChI=1S/C18H14F3N5O2S/c1-12-3-4-15(18(19,20)21)8-17(12)29(27,28)25(2)23-10-14-11-24-26-6-5-13(9-22)7-16(14)26/h3-8,10-11H,1-2H3/b23-10-. The highest BCUT2D eigenvalue weighted by atomic mass is 32.2. The zero-order chi connectivity index (χ0) is 21.4. The van der Waals surface area contributed by atoms with Gasteiger partial charge in [-0.2, -0.15) is 41.5 Å². The fourth-order valence-electron chi connectivity index (χ4n) is 2.57. The number of benzene rings is 1. The fourth-order valence-corrected chi connectivity index (χ4v) is 3.78. The Hall–Kier alpha value is -3.39. The van der Waals surface area contributed by atoms with Crippen molar-refractivity contribution >= 4 is 21.8 Å². The third-order valence-electron chi connectivity index (χ3n) is 4.18. The first kappa shape index (κ1) is 20.3. The highest BCUT2D eigenvalue weighted by Crippen LogP contribution is 2.32. The normalized spacial score (nSPS) is 12.4. The van der Waals surface area contributed by atoms with E-state index in [0.717, 1.165) is 19.2 Å². The molecule has 0 unspecified atom stereocenters. The van der Waals surface area contributed by atoms with E-state index in [-0.39, 0.29) is 5.56 Å². The number of aryl methyl sites for hydroxylation is 1. The van der Waals surface area contributed by atoms with Gasteiger partial charge in [0.2, 0.25) is 0 Å². The second kappa shape index (κ2) is 7.21. The molecule has 0 amide bonds. The van der Waals surface area contributed by atoms with Crippen molar-refractivity contribution in [1.29, 1.82) is 5.26 Å². The summed E-state index contributed by atoms with van der Waals surface area (Å²) in [6, 6.07) is 7.62. The van der Waals surface area contributed by atoms with Gasteiger partial charge in [-0.1, -0.05) is 6.07 Å². The van der Waals surface area contributed by atoms with Gasteiger partial charge in [0, 0.05) is 18.8 Å². The molecule has 0 fully saturated rings. The molecule has 29 heavy (non-hydrogen) atoms. The molecule has 0 aliphatic heterocycles. The van der Waals surface area contributed by atoms with Crippen LogP contribution in [-0.4, -0.2) is 35.7 Å². The molecule has 0 bridgehead atoms. The molecule has 3 rings (SSSR count). The Morgan fingerprint density at radius 1 is 1.28 bits per heavy atom. The molecule has 0 aliphatic carbocycles. The lowest BCUT2D eigenvalue weighted by Gasteiger charge is -2.17. The van der Waals surface area contributed by atoms with Crippen molar-refractivity contribution in [3.05, 3.63) is 65.0 Å². The molecule has 1 aromatic carbocycles. The van der Waals surface area contributed by atoms with Crippen molar-refractivity contribution in [3.8, 4) is 6.07 Å². The summed E-state index contributed by atoms with van der Waals surface area (Å²) in [5.74, 6) is 0. The lowest BCUT2D eigenvalue weighted by atomic mass is 10.1. The second-order valence-electron chi connectivity index (χ2n) is 6.12. The van der Waals surface area contributed by atoms with Gasteiger partial charge in [0.05, 0.1) is 40.0 Å². The lowest BCUT2D eigenvalue weighted by Crippen LogP contribution is -2.23. The van der Waals surface area contributed by atoms with Crippen molar-refractivity contribution < 1.29 is 21.6 Å². The maximum absolute atomic E-state index is 13.0. The predicted molar refractivity (Wildman–Crippen MR) is 98.6 cm³/mol. The van der Waals surface area contributed by atoms with Crippen molar-refractivity contribution in [1.82, 2.24) is 14.0 Å². The van der Waals surface area contributed by atoms with Crippen LogP contribution in [0.2, 0.25) is 0 Å². The molecule has 150 valence electrons. The third kappa shape index (κ3) is 3.93. The molecule has 0 saturated heterocycles. The van der Waals surface area contributed by atoms with E-state index in [2.05, 4.69) is 10.2 Å². The summed E-state index contributed by atoms with van der Waals surface area (Å²) in [4.78, 5) is -0.487. The van der Waals surface area contributed by atoms with Gasteiger partial charge in [-0.15, -0.1) is 0 Å². The number of hydrogen-bond donors (Lipinski definition) is 0. The van der Waals surface area contributed by atoms with Crippen molar-refractivity contribution in [2.75, 3.05) is 7.05 Å². The van der Waals surface area contributed by atoms with Gasteiger partial charge in [0.25, 0.3) is 10.0 Å². The fraction of sp³-hybridized carbons (Fsp3) is 0.167. The minimum atomic E-state index is -4.67. The number of nitrogens with zero attached hydrogens (tertiary/aromatic N) is 5. The van der Waals surface area contributed by atoms with Crippen LogP contribution in [-0.2, 0) is 16.2 Å². The second-order valence-corrected chi connectivity index (χ2v) is 8.04. The van der Waals surface area contributed by atoms with Crippen LogP contribution in [0.15, 0.2) is 52.7 Å². The first-order valence-corrected chi connectivity index (χ1v) is 9.56. The van der Waals surface area contributed by atoms with E-state index in [1.54, 1.807) is 18.3 Å². The van der Waals surface area contributed by atoms with E-state index in [1.165, 1.54) is 23.9 Å². The summed E-state index contributed by atoms with van der Waals surface area (Å²) >= 11 is 0. The van der Waals surface area contributed by atoms with Gasteiger partial charge in [0.15, 0.2) is 0 Å². The molecule has 2 heterocycles. The van der Waals surface area contributed by atoms with E-state index in [4.69, 9.17) is 5.26 Å². The average molecular weight is 421 g/mol. The number of hydrogen-bond acceptors (Lipinski definition) is 5. The number of alkyl halides is 3. The van der Waals surface area contributed by atoms with Crippen molar-refractivity contribution in [2.24, 2.45) is 5.10 Å². The van der Waals surface area contributed by atoms with Gasteiger partial charge >= 0.3 is 6.18 Å². The van der Waals surface area contributed by atoms with Crippen LogP contribution in [0.5, 0.6) is 0 Å². The Balaban J connectivity index is 1.97. The van der Waals surface area contributed by atoms with E-state index >= 15 is 0 Å².